The fourth-order valence-electron chi connectivity index (χ4n) is 6.09. The van der Waals surface area contributed by atoms with E-state index < -0.39 is 0 Å². The van der Waals surface area contributed by atoms with E-state index in [2.05, 4.69) is 52.1 Å². The van der Waals surface area contributed by atoms with Crippen molar-refractivity contribution in [1.82, 2.24) is 10.2 Å². The zero-order valence-electron chi connectivity index (χ0n) is 20.3. The van der Waals surface area contributed by atoms with Gasteiger partial charge in [-0.25, -0.2) is 0 Å². The molecular formula is C28H47BrN2. The molecule has 0 radical (unpaired) electrons. The van der Waals surface area contributed by atoms with E-state index in [9.17, 15) is 0 Å². The van der Waals surface area contributed by atoms with Crippen molar-refractivity contribution < 1.29 is 0 Å². The largest absolute Gasteiger partial charge is 0.155 e. The summed E-state index contributed by atoms with van der Waals surface area (Å²) in [6, 6.07) is 4.49. The summed E-state index contributed by atoms with van der Waals surface area (Å²) < 4.78 is 0. The van der Waals surface area contributed by atoms with Crippen molar-refractivity contribution in [1.29, 1.82) is 0 Å². The van der Waals surface area contributed by atoms with E-state index >= 15 is 0 Å². The molecule has 1 aromatic rings. The predicted molar refractivity (Wildman–Crippen MR) is 137 cm³/mol. The lowest BCUT2D eigenvalue weighted by Gasteiger charge is -2.31. The van der Waals surface area contributed by atoms with E-state index in [1.165, 1.54) is 102 Å². The topological polar surface area (TPSA) is 25.8 Å². The molecule has 176 valence electrons. The molecule has 2 saturated carbocycles. The Morgan fingerprint density at radius 1 is 0.742 bits per heavy atom. The van der Waals surface area contributed by atoms with Gasteiger partial charge >= 0.3 is 0 Å². The van der Waals surface area contributed by atoms with Gasteiger partial charge in [0, 0.05) is 11.2 Å². The van der Waals surface area contributed by atoms with Crippen LogP contribution >= 0.6 is 15.9 Å². The second kappa shape index (κ2) is 14.0. The maximum atomic E-state index is 4.60. The van der Waals surface area contributed by atoms with Crippen LogP contribution in [-0.2, 0) is 12.8 Å². The van der Waals surface area contributed by atoms with Crippen LogP contribution in [0.2, 0.25) is 0 Å². The fraction of sp³-hybridized carbons (Fsp3) is 0.857. The van der Waals surface area contributed by atoms with Crippen LogP contribution in [0.3, 0.4) is 0 Å². The van der Waals surface area contributed by atoms with Crippen molar-refractivity contribution in [3.63, 3.8) is 0 Å². The summed E-state index contributed by atoms with van der Waals surface area (Å²) in [5.41, 5.74) is 2.36. The maximum Gasteiger partial charge on any atom is 0.0642 e. The SMILES string of the molecule is CCCCCC1CCC(CCc2ccc(CC(Br)C3CCC(CCC)CC3)nn2)CC1. The van der Waals surface area contributed by atoms with Crippen LogP contribution in [0.25, 0.3) is 0 Å². The third-order valence-corrected chi connectivity index (χ3v) is 9.34. The standard InChI is InChI=1S/C28H47BrN2/c1-3-5-6-8-23-9-11-24(12-10-23)15-18-26-19-20-27(31-30-26)21-28(29)25-16-13-22(7-4-2)14-17-25/h19-20,22-25,28H,3-18,21H2,1-2H3. The Morgan fingerprint density at radius 3 is 1.94 bits per heavy atom. The molecule has 31 heavy (non-hydrogen) atoms. The summed E-state index contributed by atoms with van der Waals surface area (Å²) in [7, 11) is 0. The first-order valence-electron chi connectivity index (χ1n) is 13.6. The Kier molecular flexibility index (Phi) is 11.3. The Hall–Kier alpha value is -0.440. The van der Waals surface area contributed by atoms with Gasteiger partial charge in [-0.1, -0.05) is 107 Å². The van der Waals surface area contributed by atoms with E-state index in [0.717, 1.165) is 42.2 Å². The summed E-state index contributed by atoms with van der Waals surface area (Å²) >= 11 is 3.99. The molecule has 0 amide bonds. The van der Waals surface area contributed by atoms with Crippen LogP contribution in [0.1, 0.15) is 122 Å². The van der Waals surface area contributed by atoms with Crippen LogP contribution in [0.5, 0.6) is 0 Å². The van der Waals surface area contributed by atoms with Crippen LogP contribution in [0, 0.1) is 23.7 Å². The van der Waals surface area contributed by atoms with Gasteiger partial charge in [-0.15, -0.1) is 0 Å². The normalized spacial score (nSPS) is 27.8. The molecule has 0 aromatic carbocycles. The monoisotopic (exact) mass is 490 g/mol. The molecule has 2 aliphatic rings. The van der Waals surface area contributed by atoms with Gasteiger partial charge in [0.05, 0.1) is 11.4 Å². The third kappa shape index (κ3) is 8.78. The minimum atomic E-state index is 0.558. The third-order valence-electron chi connectivity index (χ3n) is 8.27. The Morgan fingerprint density at radius 2 is 1.32 bits per heavy atom. The van der Waals surface area contributed by atoms with E-state index in [1.54, 1.807) is 0 Å². The van der Waals surface area contributed by atoms with Gasteiger partial charge in [0.1, 0.15) is 0 Å². The predicted octanol–water partition coefficient (Wildman–Crippen LogP) is 8.71. The number of unbranched alkanes of at least 4 members (excludes halogenated alkanes) is 2. The molecule has 2 aliphatic carbocycles. The molecule has 0 N–H and O–H groups in total. The highest BCUT2D eigenvalue weighted by atomic mass is 79.9. The number of aromatic nitrogens is 2. The number of nitrogens with zero attached hydrogens (tertiary/aromatic N) is 2. The summed E-state index contributed by atoms with van der Waals surface area (Å²) in [4.78, 5) is 0.558. The summed E-state index contributed by atoms with van der Waals surface area (Å²) in [5.74, 6) is 3.72. The minimum Gasteiger partial charge on any atom is -0.155 e. The Bertz CT molecular complexity index is 586. The number of hydrogen-bond donors (Lipinski definition) is 0. The molecule has 0 spiro atoms. The van der Waals surface area contributed by atoms with Crippen molar-refractivity contribution >= 4 is 15.9 Å². The van der Waals surface area contributed by atoms with Crippen molar-refractivity contribution in [2.75, 3.05) is 0 Å². The lowest BCUT2D eigenvalue weighted by molar-refractivity contribution is 0.248. The molecule has 1 atom stereocenters. The van der Waals surface area contributed by atoms with E-state index in [-0.39, 0.29) is 0 Å². The number of halogens is 1. The highest BCUT2D eigenvalue weighted by molar-refractivity contribution is 9.09. The number of alkyl halides is 1. The molecule has 1 aromatic heterocycles. The van der Waals surface area contributed by atoms with Gasteiger partial charge < -0.3 is 0 Å². The minimum absolute atomic E-state index is 0.558. The summed E-state index contributed by atoms with van der Waals surface area (Å²) in [6.45, 7) is 4.63. The quantitative estimate of drug-likeness (QED) is 0.216. The first-order chi connectivity index (χ1) is 15.2. The Balaban J connectivity index is 1.33. The van der Waals surface area contributed by atoms with Crippen molar-refractivity contribution in [2.24, 2.45) is 23.7 Å². The smallest absolute Gasteiger partial charge is 0.0642 e. The van der Waals surface area contributed by atoms with Gasteiger partial charge in [-0.2, -0.15) is 10.2 Å². The lowest BCUT2D eigenvalue weighted by atomic mass is 9.78. The van der Waals surface area contributed by atoms with Gasteiger partial charge in [-0.05, 0) is 61.5 Å². The number of hydrogen-bond acceptors (Lipinski definition) is 2. The van der Waals surface area contributed by atoms with Crippen LogP contribution in [-0.4, -0.2) is 15.0 Å². The first-order valence-corrected chi connectivity index (χ1v) is 14.5. The second-order valence-electron chi connectivity index (χ2n) is 10.7. The zero-order valence-corrected chi connectivity index (χ0v) is 21.9. The first kappa shape index (κ1) is 25.2. The van der Waals surface area contributed by atoms with E-state index in [0.29, 0.717) is 4.83 Å². The lowest BCUT2D eigenvalue weighted by Crippen LogP contribution is -2.24. The molecule has 1 unspecified atom stereocenters. The van der Waals surface area contributed by atoms with Crippen molar-refractivity contribution in [2.45, 2.75) is 128 Å². The summed E-state index contributed by atoms with van der Waals surface area (Å²) in [5, 5.41) is 9.19. The van der Waals surface area contributed by atoms with Crippen molar-refractivity contribution in [3.05, 3.63) is 23.5 Å². The van der Waals surface area contributed by atoms with Gasteiger partial charge in [0.25, 0.3) is 0 Å². The zero-order chi connectivity index (χ0) is 21.9. The molecule has 3 heteroatoms. The average molecular weight is 492 g/mol. The van der Waals surface area contributed by atoms with Crippen LogP contribution < -0.4 is 0 Å². The highest BCUT2D eigenvalue weighted by Gasteiger charge is 2.26. The number of rotatable bonds is 12. The van der Waals surface area contributed by atoms with Crippen LogP contribution in [0.4, 0.5) is 0 Å². The van der Waals surface area contributed by atoms with Gasteiger partial charge in [0.2, 0.25) is 0 Å². The second-order valence-corrected chi connectivity index (χ2v) is 11.9. The molecule has 0 aliphatic heterocycles. The van der Waals surface area contributed by atoms with E-state index in [4.69, 9.17) is 0 Å². The molecule has 2 nitrogen and oxygen atoms in total. The molecule has 0 saturated heterocycles. The molecule has 1 heterocycles. The van der Waals surface area contributed by atoms with Gasteiger partial charge in [-0.3, -0.25) is 0 Å². The Labute approximate surface area is 200 Å². The maximum absolute atomic E-state index is 4.60. The van der Waals surface area contributed by atoms with E-state index in [1.807, 2.05) is 0 Å². The fourth-order valence-corrected chi connectivity index (χ4v) is 6.95. The average Bonchev–Trinajstić information content (AvgIpc) is 2.80. The molecule has 3 rings (SSSR count). The van der Waals surface area contributed by atoms with Crippen LogP contribution in [0.15, 0.2) is 12.1 Å². The molecule has 0 bridgehead atoms. The van der Waals surface area contributed by atoms with Crippen molar-refractivity contribution in [3.8, 4) is 0 Å². The highest BCUT2D eigenvalue weighted by Crippen LogP contribution is 2.37. The summed E-state index contributed by atoms with van der Waals surface area (Å²) in [6.07, 6.45) is 23.3. The number of aryl methyl sites for hydroxylation is 1. The molecular weight excluding hydrogens is 444 g/mol. The van der Waals surface area contributed by atoms with Gasteiger partial charge in [0.15, 0.2) is 0 Å². The molecule has 2 fully saturated rings.